The molecule has 0 bridgehead atoms. The summed E-state index contributed by atoms with van der Waals surface area (Å²) in [7, 11) is 1.67. The summed E-state index contributed by atoms with van der Waals surface area (Å²) in [5.74, 6) is 1.72. The van der Waals surface area contributed by atoms with Gasteiger partial charge in [0.1, 0.15) is 16.6 Å². The van der Waals surface area contributed by atoms with Crippen molar-refractivity contribution in [1.82, 2.24) is 9.97 Å². The molecule has 0 aliphatic heterocycles. The monoisotopic (exact) mass is 390 g/mol. The Bertz CT molecular complexity index is 1060. The second kappa shape index (κ2) is 8.37. The highest BCUT2D eigenvalue weighted by molar-refractivity contribution is 7.13. The number of hydrogen-bond acceptors (Lipinski definition) is 6. The number of nitrogens with zero attached hydrogens (tertiary/aromatic N) is 2. The van der Waals surface area contributed by atoms with Gasteiger partial charge in [-0.1, -0.05) is 24.3 Å². The number of pyridine rings is 1. The lowest BCUT2D eigenvalue weighted by molar-refractivity contribution is 0.414. The number of ether oxygens (including phenoxy) is 1. The van der Waals surface area contributed by atoms with Crippen LogP contribution in [-0.2, 0) is 6.42 Å². The van der Waals surface area contributed by atoms with Crippen LogP contribution in [0.2, 0.25) is 0 Å². The van der Waals surface area contributed by atoms with E-state index in [1.54, 1.807) is 18.4 Å². The standard InChI is InChI=1S/C22H22N4OS/c1-27-20-6-2-15(3-7-20)10-19(23)13-25-21-14-28-22(26-21)17-4-5-18-12-24-9-8-16(18)11-17/h2-9,11-12,14,19,25H,10,13,23H2,1H3/t19-/m0/s1. The molecule has 0 unspecified atom stereocenters. The maximum absolute atomic E-state index is 6.28. The molecule has 0 amide bonds. The number of hydrogen-bond donors (Lipinski definition) is 2. The molecule has 0 saturated carbocycles. The van der Waals surface area contributed by atoms with Gasteiger partial charge in [0.2, 0.25) is 0 Å². The Labute approximate surface area is 168 Å². The van der Waals surface area contributed by atoms with Crippen LogP contribution in [0.4, 0.5) is 5.82 Å². The Balaban J connectivity index is 1.37. The number of aromatic nitrogens is 2. The van der Waals surface area contributed by atoms with Crippen LogP contribution in [0.5, 0.6) is 5.75 Å². The van der Waals surface area contributed by atoms with E-state index in [2.05, 4.69) is 40.6 Å². The molecule has 2 heterocycles. The number of rotatable bonds is 7. The lowest BCUT2D eigenvalue weighted by atomic mass is 10.1. The van der Waals surface area contributed by atoms with Crippen molar-refractivity contribution in [3.8, 4) is 16.3 Å². The molecular weight excluding hydrogens is 368 g/mol. The number of thiazole rings is 1. The zero-order valence-electron chi connectivity index (χ0n) is 15.6. The Morgan fingerprint density at radius 1 is 1.11 bits per heavy atom. The zero-order valence-corrected chi connectivity index (χ0v) is 16.4. The van der Waals surface area contributed by atoms with Crippen LogP contribution in [0.3, 0.4) is 0 Å². The summed E-state index contributed by atoms with van der Waals surface area (Å²) in [6.07, 6.45) is 4.48. The molecule has 0 aliphatic carbocycles. The smallest absolute Gasteiger partial charge is 0.137 e. The van der Waals surface area contributed by atoms with Crippen LogP contribution in [0, 0.1) is 0 Å². The third kappa shape index (κ3) is 4.30. The van der Waals surface area contributed by atoms with Crippen LogP contribution < -0.4 is 15.8 Å². The van der Waals surface area contributed by atoms with Gasteiger partial charge in [-0.05, 0) is 41.6 Å². The number of methoxy groups -OCH3 is 1. The third-order valence-corrected chi connectivity index (χ3v) is 5.49. The summed E-state index contributed by atoms with van der Waals surface area (Å²) in [5.41, 5.74) is 8.58. The summed E-state index contributed by atoms with van der Waals surface area (Å²) in [4.78, 5) is 8.87. The lowest BCUT2D eigenvalue weighted by Crippen LogP contribution is -2.31. The highest BCUT2D eigenvalue weighted by atomic mass is 32.1. The normalized spacial score (nSPS) is 12.1. The number of benzene rings is 2. The average Bonchev–Trinajstić information content (AvgIpc) is 3.21. The first-order valence-electron chi connectivity index (χ1n) is 9.13. The van der Waals surface area contributed by atoms with Crippen molar-refractivity contribution >= 4 is 27.9 Å². The fourth-order valence-electron chi connectivity index (χ4n) is 3.08. The van der Waals surface area contributed by atoms with Gasteiger partial charge in [-0.15, -0.1) is 11.3 Å². The molecule has 1 atom stereocenters. The summed E-state index contributed by atoms with van der Waals surface area (Å²) in [6.45, 7) is 0.665. The Morgan fingerprint density at radius 2 is 1.96 bits per heavy atom. The van der Waals surface area contributed by atoms with E-state index < -0.39 is 0 Å². The molecule has 6 heteroatoms. The van der Waals surface area contributed by atoms with Gasteiger partial charge in [0, 0.05) is 41.3 Å². The van der Waals surface area contributed by atoms with Crippen molar-refractivity contribution in [3.05, 3.63) is 71.9 Å². The van der Waals surface area contributed by atoms with E-state index in [9.17, 15) is 0 Å². The summed E-state index contributed by atoms with van der Waals surface area (Å²) in [5, 5.41) is 8.67. The molecule has 142 valence electrons. The highest BCUT2D eigenvalue weighted by Crippen LogP contribution is 2.28. The molecule has 28 heavy (non-hydrogen) atoms. The Morgan fingerprint density at radius 3 is 2.79 bits per heavy atom. The lowest BCUT2D eigenvalue weighted by Gasteiger charge is -2.12. The number of fused-ring (bicyclic) bond motifs is 1. The van der Waals surface area contributed by atoms with Crippen molar-refractivity contribution in [2.24, 2.45) is 5.73 Å². The SMILES string of the molecule is COc1ccc(C[C@H](N)CNc2csc(-c3ccc4cnccc4c3)n2)cc1. The van der Waals surface area contributed by atoms with Gasteiger partial charge in [-0.3, -0.25) is 4.98 Å². The van der Waals surface area contributed by atoms with E-state index in [1.165, 1.54) is 10.9 Å². The second-order valence-corrected chi connectivity index (χ2v) is 7.53. The maximum atomic E-state index is 6.28. The molecule has 5 nitrogen and oxygen atoms in total. The molecule has 0 fully saturated rings. The minimum Gasteiger partial charge on any atom is -0.497 e. The molecule has 0 radical (unpaired) electrons. The van der Waals surface area contributed by atoms with E-state index in [-0.39, 0.29) is 6.04 Å². The first-order chi connectivity index (χ1) is 13.7. The van der Waals surface area contributed by atoms with Gasteiger partial charge >= 0.3 is 0 Å². The van der Waals surface area contributed by atoms with E-state index in [4.69, 9.17) is 15.5 Å². The topological polar surface area (TPSA) is 73.1 Å². The van der Waals surface area contributed by atoms with Gasteiger partial charge in [0.15, 0.2) is 0 Å². The average molecular weight is 391 g/mol. The van der Waals surface area contributed by atoms with Gasteiger partial charge < -0.3 is 15.8 Å². The van der Waals surface area contributed by atoms with Gasteiger partial charge in [-0.2, -0.15) is 0 Å². The molecule has 3 N–H and O–H groups in total. The summed E-state index contributed by atoms with van der Waals surface area (Å²) in [6, 6.07) is 16.4. The molecule has 2 aromatic heterocycles. The fraction of sp³-hybridized carbons (Fsp3) is 0.182. The van der Waals surface area contributed by atoms with Crippen molar-refractivity contribution in [1.29, 1.82) is 0 Å². The highest BCUT2D eigenvalue weighted by Gasteiger charge is 2.08. The van der Waals surface area contributed by atoms with Crippen molar-refractivity contribution in [2.45, 2.75) is 12.5 Å². The molecule has 0 aliphatic rings. The van der Waals surface area contributed by atoms with E-state index in [0.717, 1.165) is 33.9 Å². The summed E-state index contributed by atoms with van der Waals surface area (Å²) >= 11 is 1.63. The van der Waals surface area contributed by atoms with Crippen molar-refractivity contribution in [2.75, 3.05) is 19.0 Å². The number of nitrogens with two attached hydrogens (primary N) is 1. The molecule has 2 aromatic carbocycles. The first-order valence-corrected chi connectivity index (χ1v) is 10.0. The van der Waals surface area contributed by atoms with Gasteiger partial charge in [0.25, 0.3) is 0 Å². The Kier molecular flexibility index (Phi) is 5.50. The van der Waals surface area contributed by atoms with Crippen LogP contribution in [-0.4, -0.2) is 29.7 Å². The first kappa shape index (κ1) is 18.4. The molecule has 4 rings (SSSR count). The predicted molar refractivity (Wildman–Crippen MR) is 116 cm³/mol. The predicted octanol–water partition coefficient (Wildman–Crippen LogP) is 4.35. The molecule has 0 saturated heterocycles. The third-order valence-electron chi connectivity index (χ3n) is 4.59. The van der Waals surface area contributed by atoms with E-state index >= 15 is 0 Å². The zero-order chi connectivity index (χ0) is 19.3. The van der Waals surface area contributed by atoms with Crippen molar-refractivity contribution < 1.29 is 4.74 Å². The van der Waals surface area contributed by atoms with Crippen LogP contribution in [0.15, 0.2) is 66.3 Å². The minimum absolute atomic E-state index is 0.00622. The van der Waals surface area contributed by atoms with Gasteiger partial charge in [0.05, 0.1) is 7.11 Å². The maximum Gasteiger partial charge on any atom is 0.137 e. The Hall–Kier alpha value is -2.96. The summed E-state index contributed by atoms with van der Waals surface area (Å²) < 4.78 is 5.19. The number of nitrogens with one attached hydrogen (secondary N) is 1. The number of anilines is 1. The van der Waals surface area contributed by atoms with E-state index in [1.807, 2.05) is 36.0 Å². The van der Waals surface area contributed by atoms with E-state index in [0.29, 0.717) is 6.54 Å². The van der Waals surface area contributed by atoms with Crippen LogP contribution in [0.1, 0.15) is 5.56 Å². The largest absolute Gasteiger partial charge is 0.497 e. The van der Waals surface area contributed by atoms with Crippen molar-refractivity contribution in [3.63, 3.8) is 0 Å². The van der Waals surface area contributed by atoms with Crippen LogP contribution in [0.25, 0.3) is 21.3 Å². The second-order valence-electron chi connectivity index (χ2n) is 6.67. The molecule has 4 aromatic rings. The molecular formula is C22H22N4OS. The molecule has 0 spiro atoms. The van der Waals surface area contributed by atoms with Gasteiger partial charge in [-0.25, -0.2) is 4.98 Å². The fourth-order valence-corrected chi connectivity index (χ4v) is 3.85. The van der Waals surface area contributed by atoms with Crippen LogP contribution >= 0.6 is 11.3 Å². The quantitative estimate of drug-likeness (QED) is 0.491. The minimum atomic E-state index is 0.00622.